The SMILES string of the molecule is O=C(O)CCc1ccc(S(=O)(=O)Nc2cccc(S(=O)(=O)Nc3cccc(Cl)c3)c2)cc1. The highest BCUT2D eigenvalue weighted by Gasteiger charge is 2.18. The van der Waals surface area contributed by atoms with Gasteiger partial charge in [-0.2, -0.15) is 0 Å². The van der Waals surface area contributed by atoms with E-state index in [1.54, 1.807) is 12.1 Å². The predicted molar refractivity (Wildman–Crippen MR) is 122 cm³/mol. The molecule has 0 aromatic heterocycles. The highest BCUT2D eigenvalue weighted by atomic mass is 35.5. The van der Waals surface area contributed by atoms with Crippen molar-refractivity contribution < 1.29 is 26.7 Å². The van der Waals surface area contributed by atoms with E-state index in [4.69, 9.17) is 16.7 Å². The van der Waals surface area contributed by atoms with Gasteiger partial charge in [0.1, 0.15) is 0 Å². The summed E-state index contributed by atoms with van der Waals surface area (Å²) in [6.07, 6.45) is 0.220. The summed E-state index contributed by atoms with van der Waals surface area (Å²) in [7, 11) is -7.97. The topological polar surface area (TPSA) is 130 Å². The first-order chi connectivity index (χ1) is 15.0. The first-order valence-corrected chi connectivity index (χ1v) is 12.6. The van der Waals surface area contributed by atoms with Crippen molar-refractivity contribution >= 4 is 49.0 Å². The molecule has 0 saturated carbocycles. The molecule has 0 aliphatic heterocycles. The van der Waals surface area contributed by atoms with Crippen LogP contribution in [0.3, 0.4) is 0 Å². The molecule has 8 nitrogen and oxygen atoms in total. The number of hydrogen-bond acceptors (Lipinski definition) is 5. The van der Waals surface area contributed by atoms with Crippen molar-refractivity contribution in [2.75, 3.05) is 9.44 Å². The lowest BCUT2D eigenvalue weighted by atomic mass is 10.1. The van der Waals surface area contributed by atoms with Crippen molar-refractivity contribution in [3.05, 3.63) is 83.4 Å². The minimum atomic E-state index is -3.99. The standard InChI is InChI=1S/C21H19ClN2O6S2/c22-16-3-1-4-17(13-16)23-32(29,30)20-6-2-5-18(14-20)24-31(27,28)19-10-7-15(8-11-19)9-12-21(25)26/h1-8,10-11,13-14,23-24H,9,12H2,(H,25,26). The maximum Gasteiger partial charge on any atom is 0.303 e. The van der Waals surface area contributed by atoms with Crippen LogP contribution in [0.4, 0.5) is 11.4 Å². The minimum absolute atomic E-state index is 0.0399. The number of nitrogens with one attached hydrogen (secondary N) is 2. The van der Waals surface area contributed by atoms with E-state index in [0.29, 0.717) is 10.6 Å². The van der Waals surface area contributed by atoms with E-state index in [0.717, 1.165) is 0 Å². The molecule has 3 aromatic rings. The highest BCUT2D eigenvalue weighted by molar-refractivity contribution is 7.93. The van der Waals surface area contributed by atoms with Crippen LogP contribution >= 0.6 is 11.6 Å². The number of benzene rings is 3. The molecule has 0 spiro atoms. The summed E-state index contributed by atoms with van der Waals surface area (Å²) in [5.74, 6) is -0.942. The molecule has 32 heavy (non-hydrogen) atoms. The molecule has 0 aliphatic rings. The van der Waals surface area contributed by atoms with Gasteiger partial charge in [0.2, 0.25) is 0 Å². The molecule has 0 fully saturated rings. The Bertz CT molecular complexity index is 1340. The number of carboxylic acids is 1. The molecule has 0 radical (unpaired) electrons. The monoisotopic (exact) mass is 494 g/mol. The third-order valence-electron chi connectivity index (χ3n) is 4.33. The fourth-order valence-corrected chi connectivity index (χ4v) is 5.13. The lowest BCUT2D eigenvalue weighted by molar-refractivity contribution is -0.136. The molecule has 0 heterocycles. The first-order valence-electron chi connectivity index (χ1n) is 9.27. The molecule has 3 aromatic carbocycles. The molecular formula is C21H19ClN2O6S2. The lowest BCUT2D eigenvalue weighted by Gasteiger charge is -2.12. The van der Waals surface area contributed by atoms with Gasteiger partial charge in [-0.1, -0.05) is 35.9 Å². The van der Waals surface area contributed by atoms with Gasteiger partial charge >= 0.3 is 5.97 Å². The van der Waals surface area contributed by atoms with Gasteiger partial charge in [0.05, 0.1) is 21.2 Å². The van der Waals surface area contributed by atoms with E-state index in [2.05, 4.69) is 9.44 Å². The average molecular weight is 495 g/mol. The Morgan fingerprint density at radius 2 is 1.34 bits per heavy atom. The Balaban J connectivity index is 1.78. The Labute approximate surface area is 191 Å². The van der Waals surface area contributed by atoms with Crippen LogP contribution in [0.1, 0.15) is 12.0 Å². The second-order valence-electron chi connectivity index (χ2n) is 6.79. The van der Waals surface area contributed by atoms with Crippen LogP contribution in [-0.2, 0) is 31.3 Å². The van der Waals surface area contributed by atoms with Gasteiger partial charge in [-0.15, -0.1) is 0 Å². The van der Waals surface area contributed by atoms with Crippen molar-refractivity contribution in [1.82, 2.24) is 0 Å². The summed E-state index contributed by atoms with van der Waals surface area (Å²) in [6.45, 7) is 0. The fraction of sp³-hybridized carbons (Fsp3) is 0.0952. The number of aliphatic carboxylic acids is 1. The van der Waals surface area contributed by atoms with Crippen LogP contribution in [0.5, 0.6) is 0 Å². The van der Waals surface area contributed by atoms with Crippen LogP contribution in [0.2, 0.25) is 5.02 Å². The number of hydrogen-bond donors (Lipinski definition) is 3. The smallest absolute Gasteiger partial charge is 0.303 e. The molecule has 168 valence electrons. The molecule has 0 bridgehead atoms. The van der Waals surface area contributed by atoms with Gasteiger partial charge in [-0.3, -0.25) is 14.2 Å². The van der Waals surface area contributed by atoms with Crippen LogP contribution in [-0.4, -0.2) is 27.9 Å². The van der Waals surface area contributed by atoms with Crippen LogP contribution in [0.25, 0.3) is 0 Å². The van der Waals surface area contributed by atoms with Crippen molar-refractivity contribution in [3.63, 3.8) is 0 Å². The summed E-state index contributed by atoms with van der Waals surface area (Å²) in [6, 6.07) is 17.4. The predicted octanol–water partition coefficient (Wildman–Crippen LogP) is 3.96. The largest absolute Gasteiger partial charge is 0.481 e. The average Bonchev–Trinajstić information content (AvgIpc) is 2.72. The van der Waals surface area contributed by atoms with E-state index < -0.39 is 26.0 Å². The highest BCUT2D eigenvalue weighted by Crippen LogP contribution is 2.23. The molecule has 0 amide bonds. The van der Waals surface area contributed by atoms with Crippen molar-refractivity contribution in [2.24, 2.45) is 0 Å². The number of halogens is 1. The van der Waals surface area contributed by atoms with Gasteiger partial charge < -0.3 is 5.11 Å². The number of rotatable bonds is 9. The zero-order valence-corrected chi connectivity index (χ0v) is 18.9. The van der Waals surface area contributed by atoms with E-state index in [9.17, 15) is 21.6 Å². The van der Waals surface area contributed by atoms with Crippen molar-refractivity contribution in [1.29, 1.82) is 0 Å². The number of sulfonamides is 2. The summed E-state index contributed by atoms with van der Waals surface area (Å²) in [5, 5.41) is 9.10. The Morgan fingerprint density at radius 3 is 1.94 bits per heavy atom. The summed E-state index contributed by atoms with van der Waals surface area (Å²) in [5.41, 5.74) is 1.02. The molecule has 0 saturated heterocycles. The van der Waals surface area contributed by atoms with E-state index in [1.165, 1.54) is 60.7 Å². The van der Waals surface area contributed by atoms with E-state index >= 15 is 0 Å². The Hall–Kier alpha value is -3.08. The zero-order valence-electron chi connectivity index (χ0n) is 16.5. The third kappa shape index (κ3) is 6.22. The fourth-order valence-electron chi connectivity index (χ4n) is 2.79. The number of aryl methyl sites for hydroxylation is 1. The second-order valence-corrected chi connectivity index (χ2v) is 10.6. The van der Waals surface area contributed by atoms with Crippen LogP contribution in [0, 0.1) is 0 Å². The molecule has 0 atom stereocenters. The van der Waals surface area contributed by atoms with Gasteiger partial charge in [-0.05, 0) is 60.5 Å². The quantitative estimate of drug-likeness (QED) is 0.413. The van der Waals surface area contributed by atoms with E-state index in [1.807, 2.05) is 0 Å². The number of carbonyl (C=O) groups is 1. The summed E-state index contributed by atoms with van der Waals surface area (Å²) < 4.78 is 55.5. The van der Waals surface area contributed by atoms with Crippen LogP contribution < -0.4 is 9.44 Å². The van der Waals surface area contributed by atoms with Gasteiger partial charge in [0.15, 0.2) is 0 Å². The third-order valence-corrected chi connectivity index (χ3v) is 7.35. The van der Waals surface area contributed by atoms with Crippen LogP contribution in [0.15, 0.2) is 82.6 Å². The van der Waals surface area contributed by atoms with Crippen molar-refractivity contribution in [2.45, 2.75) is 22.6 Å². The molecule has 0 unspecified atom stereocenters. The normalized spacial score (nSPS) is 11.7. The maximum atomic E-state index is 12.7. The van der Waals surface area contributed by atoms with Gasteiger partial charge in [0.25, 0.3) is 20.0 Å². The molecule has 11 heteroatoms. The summed E-state index contributed by atoms with van der Waals surface area (Å²) in [4.78, 5) is 10.5. The Kier molecular flexibility index (Phi) is 7.07. The number of anilines is 2. The summed E-state index contributed by atoms with van der Waals surface area (Å²) >= 11 is 5.88. The maximum absolute atomic E-state index is 12.7. The molecule has 3 rings (SSSR count). The molecule has 3 N–H and O–H groups in total. The number of carboxylic acid groups (broad SMARTS) is 1. The van der Waals surface area contributed by atoms with Crippen molar-refractivity contribution in [3.8, 4) is 0 Å². The zero-order chi connectivity index (χ0) is 23.4. The van der Waals surface area contributed by atoms with E-state index in [-0.39, 0.29) is 34.0 Å². The minimum Gasteiger partial charge on any atom is -0.481 e. The van der Waals surface area contributed by atoms with Gasteiger partial charge in [-0.25, -0.2) is 16.8 Å². The van der Waals surface area contributed by atoms with Gasteiger partial charge in [0, 0.05) is 11.4 Å². The first kappa shape index (κ1) is 23.6. The lowest BCUT2D eigenvalue weighted by Crippen LogP contribution is -2.15. The Morgan fingerprint density at radius 1 is 0.781 bits per heavy atom. The second kappa shape index (κ2) is 9.60. The molecule has 0 aliphatic carbocycles. The molecular weight excluding hydrogens is 476 g/mol.